The van der Waals surface area contributed by atoms with Gasteiger partial charge >= 0.3 is 0 Å². The predicted molar refractivity (Wildman–Crippen MR) is 153 cm³/mol. The second-order valence-corrected chi connectivity index (χ2v) is 10.6. The monoisotopic (exact) mass is 576 g/mol. The zero-order chi connectivity index (χ0) is 26.3. The number of hydrogen-bond donors (Lipinski definition) is 2. The van der Waals surface area contributed by atoms with Crippen LogP contribution in [0.2, 0.25) is 0 Å². The van der Waals surface area contributed by atoms with Crippen molar-refractivity contribution in [3.8, 4) is 0 Å². The number of aromatic amines is 1. The summed E-state index contributed by atoms with van der Waals surface area (Å²) in [6, 6.07) is 18.9. The number of aromatic nitrogens is 3. The molecular weight excluding hydrogens is 544 g/mol. The number of halogens is 1. The van der Waals surface area contributed by atoms with Gasteiger partial charge in [0.1, 0.15) is 17.8 Å². The summed E-state index contributed by atoms with van der Waals surface area (Å²) in [5, 5.41) is 3.84. The fraction of sp³-hybridized carbons (Fsp3) is 0.345. The van der Waals surface area contributed by atoms with Crippen LogP contribution in [0.25, 0.3) is 11.0 Å². The van der Waals surface area contributed by atoms with Crippen LogP contribution in [0.5, 0.6) is 0 Å². The Labute approximate surface area is 231 Å². The zero-order valence-corrected chi connectivity index (χ0v) is 23.2. The Balaban J connectivity index is 1.21. The first kappa shape index (κ1) is 26.3. The fourth-order valence-electron chi connectivity index (χ4n) is 4.89. The number of amides is 1. The number of rotatable bonds is 10. The average Bonchev–Trinajstić information content (AvgIpc) is 3.42. The number of carbonyl (C=O) groups excluding carboxylic acids is 1. The summed E-state index contributed by atoms with van der Waals surface area (Å²) in [4.78, 5) is 28.2. The molecule has 1 aliphatic rings. The Bertz CT molecular complexity index is 1350. The van der Waals surface area contributed by atoms with Gasteiger partial charge in [-0.2, -0.15) is 0 Å². The second kappa shape index (κ2) is 12.5. The molecule has 3 heterocycles. The van der Waals surface area contributed by atoms with Gasteiger partial charge in [0, 0.05) is 56.0 Å². The third-order valence-corrected chi connectivity index (χ3v) is 7.39. The minimum Gasteiger partial charge on any atom is -0.373 e. The van der Waals surface area contributed by atoms with Crippen molar-refractivity contribution in [2.75, 3.05) is 31.1 Å². The van der Waals surface area contributed by atoms with Gasteiger partial charge in [0.05, 0.1) is 18.1 Å². The number of nitrogens with one attached hydrogen (secondary N) is 2. The Kier molecular flexibility index (Phi) is 8.68. The van der Waals surface area contributed by atoms with E-state index in [-0.39, 0.29) is 12.0 Å². The quantitative estimate of drug-likeness (QED) is 0.270. The second-order valence-electron chi connectivity index (χ2n) is 9.65. The van der Waals surface area contributed by atoms with E-state index in [9.17, 15) is 4.79 Å². The van der Waals surface area contributed by atoms with Crippen LogP contribution in [0.1, 0.15) is 30.9 Å². The molecule has 0 bridgehead atoms. The van der Waals surface area contributed by atoms with Crippen LogP contribution in [0.4, 0.5) is 11.5 Å². The van der Waals surface area contributed by atoms with Crippen LogP contribution in [0.3, 0.4) is 0 Å². The normalized spacial score (nSPS) is 14.6. The van der Waals surface area contributed by atoms with E-state index in [1.54, 1.807) is 6.33 Å². The van der Waals surface area contributed by atoms with Crippen molar-refractivity contribution >= 4 is 44.4 Å². The summed E-state index contributed by atoms with van der Waals surface area (Å²) in [7, 11) is 0. The van der Waals surface area contributed by atoms with E-state index in [0.29, 0.717) is 19.7 Å². The molecule has 198 valence electrons. The molecule has 0 unspecified atom stereocenters. The molecule has 4 aromatic rings. The molecule has 0 atom stereocenters. The minimum atomic E-state index is -0.0514. The number of piperidine rings is 1. The molecule has 1 fully saturated rings. The van der Waals surface area contributed by atoms with Crippen molar-refractivity contribution in [1.82, 2.24) is 25.2 Å². The lowest BCUT2D eigenvalue weighted by atomic mass is 10.1. The molecule has 2 aromatic heterocycles. The highest BCUT2D eigenvalue weighted by atomic mass is 79.9. The van der Waals surface area contributed by atoms with Gasteiger partial charge < -0.3 is 19.9 Å². The highest BCUT2D eigenvalue weighted by molar-refractivity contribution is 9.10. The number of benzene rings is 2. The van der Waals surface area contributed by atoms with Crippen molar-refractivity contribution in [2.24, 2.45) is 0 Å². The molecule has 1 amide bonds. The van der Waals surface area contributed by atoms with E-state index in [4.69, 9.17) is 4.74 Å². The Morgan fingerprint density at radius 3 is 2.74 bits per heavy atom. The predicted octanol–water partition coefficient (Wildman–Crippen LogP) is 5.18. The van der Waals surface area contributed by atoms with E-state index < -0.39 is 0 Å². The smallest absolute Gasteiger partial charge is 0.216 e. The van der Waals surface area contributed by atoms with Gasteiger partial charge in [0.2, 0.25) is 5.91 Å². The van der Waals surface area contributed by atoms with Crippen molar-refractivity contribution in [1.29, 1.82) is 0 Å². The summed E-state index contributed by atoms with van der Waals surface area (Å²) >= 11 is 3.51. The van der Waals surface area contributed by atoms with Gasteiger partial charge in [-0.15, -0.1) is 0 Å². The van der Waals surface area contributed by atoms with Gasteiger partial charge in [-0.1, -0.05) is 40.2 Å². The zero-order valence-electron chi connectivity index (χ0n) is 21.6. The number of nitrogens with zero attached hydrogens (tertiary/aromatic N) is 4. The molecule has 38 heavy (non-hydrogen) atoms. The number of carbonyl (C=O) groups is 1. The van der Waals surface area contributed by atoms with Crippen molar-refractivity contribution in [3.63, 3.8) is 0 Å². The first-order valence-electron chi connectivity index (χ1n) is 13.0. The van der Waals surface area contributed by atoms with Crippen LogP contribution < -0.4 is 10.2 Å². The number of anilines is 2. The standard InChI is InChI=1S/C29H33BrN6O2/c1-21(37)31-13-16-36(29-27-9-12-32-28(27)33-20-34-29)25-4-2-3-23(17-25)19-38-26-10-14-35(15-11-26)18-22-5-7-24(30)8-6-22/h2-9,12,17,20,26H,10-11,13-16,18-19H2,1H3,(H,31,37)(H,32,33,34). The molecule has 1 aliphatic heterocycles. The maximum Gasteiger partial charge on any atom is 0.216 e. The van der Waals surface area contributed by atoms with Crippen molar-refractivity contribution in [3.05, 3.63) is 82.7 Å². The Morgan fingerprint density at radius 1 is 1.13 bits per heavy atom. The summed E-state index contributed by atoms with van der Waals surface area (Å²) < 4.78 is 7.47. The highest BCUT2D eigenvalue weighted by Gasteiger charge is 2.20. The Morgan fingerprint density at radius 2 is 1.95 bits per heavy atom. The molecule has 1 saturated heterocycles. The van der Waals surface area contributed by atoms with Crippen LogP contribution in [-0.2, 0) is 22.7 Å². The lowest BCUT2D eigenvalue weighted by Crippen LogP contribution is -2.36. The van der Waals surface area contributed by atoms with Crippen molar-refractivity contribution in [2.45, 2.75) is 39.0 Å². The van der Waals surface area contributed by atoms with Crippen LogP contribution >= 0.6 is 15.9 Å². The average molecular weight is 578 g/mol. The summed E-state index contributed by atoms with van der Waals surface area (Å²) in [6.45, 7) is 6.24. The summed E-state index contributed by atoms with van der Waals surface area (Å²) in [5.41, 5.74) is 4.24. The van der Waals surface area contributed by atoms with Crippen LogP contribution in [0.15, 0.2) is 71.6 Å². The highest BCUT2D eigenvalue weighted by Crippen LogP contribution is 2.30. The number of H-pyrrole nitrogens is 1. The maximum atomic E-state index is 11.5. The van der Waals surface area contributed by atoms with E-state index >= 15 is 0 Å². The first-order chi connectivity index (χ1) is 18.5. The third-order valence-electron chi connectivity index (χ3n) is 6.86. The van der Waals surface area contributed by atoms with Gasteiger partial charge in [0.15, 0.2) is 0 Å². The largest absolute Gasteiger partial charge is 0.373 e. The number of ether oxygens (including phenoxy) is 1. The topological polar surface area (TPSA) is 86.4 Å². The molecule has 5 rings (SSSR count). The van der Waals surface area contributed by atoms with Gasteiger partial charge in [-0.3, -0.25) is 9.69 Å². The van der Waals surface area contributed by atoms with Gasteiger partial charge in [0.25, 0.3) is 0 Å². The Hall–Kier alpha value is -3.27. The maximum absolute atomic E-state index is 11.5. The molecule has 0 aliphatic carbocycles. The molecule has 0 spiro atoms. The number of likely N-dealkylation sites (tertiary alicyclic amines) is 1. The van der Waals surface area contributed by atoms with E-state index in [0.717, 1.165) is 65.1 Å². The molecule has 0 saturated carbocycles. The van der Waals surface area contributed by atoms with Gasteiger partial charge in [-0.25, -0.2) is 9.97 Å². The number of fused-ring (bicyclic) bond motifs is 1. The number of hydrogen-bond acceptors (Lipinski definition) is 6. The summed E-state index contributed by atoms with van der Waals surface area (Å²) in [6.07, 6.45) is 5.76. The first-order valence-corrected chi connectivity index (χ1v) is 13.8. The fourth-order valence-corrected chi connectivity index (χ4v) is 5.15. The molecule has 2 aromatic carbocycles. The minimum absolute atomic E-state index is 0.0514. The van der Waals surface area contributed by atoms with Gasteiger partial charge in [-0.05, 0) is 54.3 Å². The molecule has 0 radical (unpaired) electrons. The molecular formula is C29H33BrN6O2. The molecule has 9 heteroatoms. The van der Waals surface area contributed by atoms with Crippen LogP contribution in [-0.4, -0.2) is 58.0 Å². The summed E-state index contributed by atoms with van der Waals surface area (Å²) in [5.74, 6) is 0.752. The molecule has 8 nitrogen and oxygen atoms in total. The van der Waals surface area contributed by atoms with E-state index in [2.05, 4.69) is 94.5 Å². The van der Waals surface area contributed by atoms with Crippen LogP contribution in [0, 0.1) is 0 Å². The lowest BCUT2D eigenvalue weighted by Gasteiger charge is -2.32. The lowest BCUT2D eigenvalue weighted by molar-refractivity contribution is -0.118. The SMILES string of the molecule is CC(=O)NCCN(c1cccc(COC2CCN(Cc3ccc(Br)cc3)CC2)c1)c1ncnc2[nH]ccc12. The van der Waals surface area contributed by atoms with E-state index in [1.165, 1.54) is 12.5 Å². The van der Waals surface area contributed by atoms with E-state index in [1.807, 2.05) is 12.3 Å². The molecule has 2 N–H and O–H groups in total. The van der Waals surface area contributed by atoms with Crippen molar-refractivity contribution < 1.29 is 9.53 Å². The third kappa shape index (κ3) is 6.78.